The van der Waals surface area contributed by atoms with E-state index in [4.69, 9.17) is 12.2 Å². The molecule has 0 amide bonds. The highest BCUT2D eigenvalue weighted by molar-refractivity contribution is 7.98. The molecule has 0 aliphatic rings. The van der Waals surface area contributed by atoms with E-state index >= 15 is 0 Å². The monoisotopic (exact) mass is 275 g/mol. The van der Waals surface area contributed by atoms with Crippen molar-refractivity contribution in [3.63, 3.8) is 0 Å². The van der Waals surface area contributed by atoms with Crippen LogP contribution >= 0.6 is 35.3 Å². The number of thiazole rings is 1. The first-order chi connectivity index (χ1) is 7.63. The maximum atomic E-state index is 4.98. The Morgan fingerprint density at radius 1 is 1.50 bits per heavy atom. The minimum Gasteiger partial charge on any atom is -0.366 e. The van der Waals surface area contributed by atoms with Crippen molar-refractivity contribution in [3.05, 3.63) is 15.6 Å². The SMILES string of the molecule is CNC(=S)NCCSCc1nc(C)c(C)s1. The summed E-state index contributed by atoms with van der Waals surface area (Å²) in [6.07, 6.45) is 0. The number of nitrogens with one attached hydrogen (secondary N) is 2. The van der Waals surface area contributed by atoms with E-state index in [1.807, 2.05) is 18.8 Å². The molecule has 0 saturated heterocycles. The van der Waals surface area contributed by atoms with Gasteiger partial charge in [-0.25, -0.2) is 4.98 Å². The molecule has 90 valence electrons. The Hall–Kier alpha value is -0.330. The van der Waals surface area contributed by atoms with E-state index in [2.05, 4.69) is 29.5 Å². The van der Waals surface area contributed by atoms with Crippen LogP contribution in [0.3, 0.4) is 0 Å². The molecule has 0 aromatic carbocycles. The molecule has 0 unspecified atom stereocenters. The van der Waals surface area contributed by atoms with Crippen molar-refractivity contribution in [2.24, 2.45) is 0 Å². The third-order valence-electron chi connectivity index (χ3n) is 2.06. The lowest BCUT2D eigenvalue weighted by molar-refractivity contribution is 0.943. The number of aryl methyl sites for hydroxylation is 2. The molecule has 0 bridgehead atoms. The first kappa shape index (κ1) is 13.7. The summed E-state index contributed by atoms with van der Waals surface area (Å²) in [5.41, 5.74) is 1.16. The Morgan fingerprint density at radius 3 is 2.81 bits per heavy atom. The quantitative estimate of drug-likeness (QED) is 0.636. The first-order valence-corrected chi connectivity index (χ1v) is 7.47. The minimum absolute atomic E-state index is 0.710. The molecule has 0 aliphatic heterocycles. The lowest BCUT2D eigenvalue weighted by Gasteiger charge is -2.05. The molecule has 0 atom stereocenters. The van der Waals surface area contributed by atoms with Gasteiger partial charge >= 0.3 is 0 Å². The van der Waals surface area contributed by atoms with Crippen LogP contribution in [0.5, 0.6) is 0 Å². The molecule has 0 spiro atoms. The van der Waals surface area contributed by atoms with Gasteiger partial charge in [-0.3, -0.25) is 0 Å². The average molecular weight is 275 g/mol. The fourth-order valence-electron chi connectivity index (χ4n) is 1.09. The highest BCUT2D eigenvalue weighted by Gasteiger charge is 2.03. The normalized spacial score (nSPS) is 10.2. The molecular formula is C10H17N3S3. The molecule has 0 aliphatic carbocycles. The summed E-state index contributed by atoms with van der Waals surface area (Å²) in [7, 11) is 1.82. The van der Waals surface area contributed by atoms with E-state index in [-0.39, 0.29) is 0 Å². The molecule has 1 aromatic rings. The number of thiocarbonyl (C=S) groups is 1. The van der Waals surface area contributed by atoms with E-state index in [1.165, 1.54) is 9.88 Å². The van der Waals surface area contributed by atoms with Gasteiger partial charge in [0.1, 0.15) is 5.01 Å². The lowest BCUT2D eigenvalue weighted by Crippen LogP contribution is -2.33. The Morgan fingerprint density at radius 2 is 2.25 bits per heavy atom. The number of rotatable bonds is 5. The Labute approximate surface area is 110 Å². The van der Waals surface area contributed by atoms with Crippen LogP contribution in [-0.2, 0) is 5.75 Å². The molecule has 6 heteroatoms. The van der Waals surface area contributed by atoms with Gasteiger partial charge in [0, 0.05) is 30.0 Å². The second kappa shape index (κ2) is 7.09. The fraction of sp³-hybridized carbons (Fsp3) is 0.600. The highest BCUT2D eigenvalue weighted by Crippen LogP contribution is 2.20. The zero-order valence-corrected chi connectivity index (χ0v) is 12.2. The van der Waals surface area contributed by atoms with Crippen LogP contribution in [0.4, 0.5) is 0 Å². The van der Waals surface area contributed by atoms with Gasteiger partial charge in [0.05, 0.1) is 5.69 Å². The largest absolute Gasteiger partial charge is 0.366 e. The smallest absolute Gasteiger partial charge is 0.166 e. The summed E-state index contributed by atoms with van der Waals surface area (Å²) in [6.45, 7) is 5.08. The van der Waals surface area contributed by atoms with Gasteiger partial charge in [-0.15, -0.1) is 11.3 Å². The molecule has 1 heterocycles. The molecule has 0 radical (unpaired) electrons. The van der Waals surface area contributed by atoms with Crippen LogP contribution in [0.25, 0.3) is 0 Å². The Balaban J connectivity index is 2.14. The standard InChI is InChI=1S/C10H17N3S3/c1-7-8(2)16-9(13-7)6-15-5-4-12-10(14)11-3/h4-6H2,1-3H3,(H2,11,12,14). The Kier molecular flexibility index (Phi) is 6.08. The molecule has 0 fully saturated rings. The van der Waals surface area contributed by atoms with Crippen molar-refractivity contribution in [1.82, 2.24) is 15.6 Å². The zero-order valence-electron chi connectivity index (χ0n) is 9.79. The number of nitrogens with zero attached hydrogens (tertiary/aromatic N) is 1. The summed E-state index contributed by atoms with van der Waals surface area (Å²) in [5.74, 6) is 2.03. The lowest BCUT2D eigenvalue weighted by atomic mass is 10.4. The fourth-order valence-corrected chi connectivity index (χ4v) is 3.03. The van der Waals surface area contributed by atoms with Crippen LogP contribution < -0.4 is 10.6 Å². The van der Waals surface area contributed by atoms with Crippen molar-refractivity contribution in [2.45, 2.75) is 19.6 Å². The van der Waals surface area contributed by atoms with Crippen molar-refractivity contribution >= 4 is 40.4 Å². The second-order valence-electron chi connectivity index (χ2n) is 3.31. The van der Waals surface area contributed by atoms with Crippen molar-refractivity contribution in [3.8, 4) is 0 Å². The predicted molar refractivity (Wildman–Crippen MR) is 77.4 cm³/mol. The van der Waals surface area contributed by atoms with Crippen LogP contribution in [0.15, 0.2) is 0 Å². The number of aromatic nitrogens is 1. The third-order valence-corrected chi connectivity index (χ3v) is 4.63. The molecular weight excluding hydrogens is 258 g/mol. The van der Waals surface area contributed by atoms with Crippen LogP contribution in [0, 0.1) is 13.8 Å². The molecule has 2 N–H and O–H groups in total. The number of hydrogen-bond acceptors (Lipinski definition) is 4. The molecule has 16 heavy (non-hydrogen) atoms. The maximum Gasteiger partial charge on any atom is 0.166 e. The van der Waals surface area contributed by atoms with E-state index in [0.717, 1.165) is 23.7 Å². The average Bonchev–Trinajstić information content (AvgIpc) is 2.57. The number of thioether (sulfide) groups is 1. The third kappa shape index (κ3) is 4.67. The Bertz CT molecular complexity index is 330. The van der Waals surface area contributed by atoms with Gasteiger partial charge in [0.25, 0.3) is 0 Å². The van der Waals surface area contributed by atoms with Gasteiger partial charge < -0.3 is 10.6 Å². The van der Waals surface area contributed by atoms with Gasteiger partial charge in [-0.1, -0.05) is 0 Å². The van der Waals surface area contributed by atoms with Gasteiger partial charge in [-0.2, -0.15) is 11.8 Å². The van der Waals surface area contributed by atoms with Crippen molar-refractivity contribution < 1.29 is 0 Å². The first-order valence-electron chi connectivity index (χ1n) is 5.09. The van der Waals surface area contributed by atoms with Gasteiger partial charge in [0.2, 0.25) is 0 Å². The summed E-state index contributed by atoms with van der Waals surface area (Å²) in [6, 6.07) is 0. The molecule has 1 aromatic heterocycles. The maximum absolute atomic E-state index is 4.98. The van der Waals surface area contributed by atoms with Crippen LogP contribution in [0.1, 0.15) is 15.6 Å². The molecule has 0 saturated carbocycles. The highest BCUT2D eigenvalue weighted by atomic mass is 32.2. The van der Waals surface area contributed by atoms with E-state index in [0.29, 0.717) is 5.11 Å². The predicted octanol–water partition coefficient (Wildman–Crippen LogP) is 2.09. The molecule has 1 rings (SSSR count). The van der Waals surface area contributed by atoms with Crippen molar-refractivity contribution in [2.75, 3.05) is 19.3 Å². The summed E-state index contributed by atoms with van der Waals surface area (Å²) >= 11 is 8.65. The van der Waals surface area contributed by atoms with Gasteiger partial charge in [-0.05, 0) is 26.1 Å². The van der Waals surface area contributed by atoms with Crippen LogP contribution in [0.2, 0.25) is 0 Å². The number of hydrogen-bond donors (Lipinski definition) is 2. The van der Waals surface area contributed by atoms with Gasteiger partial charge in [0.15, 0.2) is 5.11 Å². The van der Waals surface area contributed by atoms with E-state index in [9.17, 15) is 0 Å². The summed E-state index contributed by atoms with van der Waals surface area (Å²) in [5, 5.41) is 7.93. The zero-order chi connectivity index (χ0) is 12.0. The van der Waals surface area contributed by atoms with E-state index < -0.39 is 0 Å². The minimum atomic E-state index is 0.710. The second-order valence-corrected chi connectivity index (χ2v) is 6.11. The van der Waals surface area contributed by atoms with E-state index in [1.54, 1.807) is 11.3 Å². The summed E-state index contributed by atoms with van der Waals surface area (Å²) < 4.78 is 0. The van der Waals surface area contributed by atoms with Crippen LogP contribution in [-0.4, -0.2) is 29.4 Å². The molecule has 3 nitrogen and oxygen atoms in total. The van der Waals surface area contributed by atoms with Crippen molar-refractivity contribution in [1.29, 1.82) is 0 Å². The topological polar surface area (TPSA) is 37.0 Å². The summed E-state index contributed by atoms with van der Waals surface area (Å²) in [4.78, 5) is 5.82.